The molecule has 8 rings (SSSR count). The summed E-state index contributed by atoms with van der Waals surface area (Å²) in [6.07, 6.45) is 13.5. The summed E-state index contributed by atoms with van der Waals surface area (Å²) in [5, 5.41) is 3.26. The summed E-state index contributed by atoms with van der Waals surface area (Å²) in [6, 6.07) is 17.8. The molecule has 13 heteroatoms. The number of nitrogens with one attached hydrogen (secondary N) is 1. The minimum Gasteiger partial charge on any atom is -0.494 e. The minimum absolute atomic E-state index is 0.0865. The Hall–Kier alpha value is -5.66. The van der Waals surface area contributed by atoms with E-state index in [1.165, 1.54) is 0 Å². The molecule has 0 bridgehead atoms. The number of ether oxygens (including phenoxy) is 4. The van der Waals surface area contributed by atoms with Crippen molar-refractivity contribution in [3.05, 3.63) is 89.2 Å². The van der Waals surface area contributed by atoms with Gasteiger partial charge in [-0.05, 0) is 105 Å². The van der Waals surface area contributed by atoms with E-state index in [4.69, 9.17) is 23.9 Å². The van der Waals surface area contributed by atoms with Gasteiger partial charge in [0.25, 0.3) is 11.8 Å². The molecule has 3 fully saturated rings. The molecule has 13 nitrogen and oxygen atoms in total. The fourth-order valence-corrected chi connectivity index (χ4v) is 7.91. The molecule has 296 valence electrons. The van der Waals surface area contributed by atoms with Crippen LogP contribution in [0.4, 0.5) is 0 Å². The smallest absolute Gasteiger partial charge is 0.262 e. The van der Waals surface area contributed by atoms with Gasteiger partial charge in [-0.1, -0.05) is 12.1 Å². The van der Waals surface area contributed by atoms with Gasteiger partial charge < -0.3 is 23.8 Å². The Balaban J connectivity index is 0.692. The van der Waals surface area contributed by atoms with Crippen molar-refractivity contribution in [3.8, 4) is 17.4 Å². The Labute approximate surface area is 331 Å². The molecule has 4 amide bonds. The van der Waals surface area contributed by atoms with Crippen LogP contribution in [0.1, 0.15) is 89.8 Å². The maximum atomic E-state index is 13.1. The molecule has 2 aromatic carbocycles. The summed E-state index contributed by atoms with van der Waals surface area (Å²) >= 11 is 0. The molecule has 3 aliphatic heterocycles. The van der Waals surface area contributed by atoms with Crippen molar-refractivity contribution < 1.29 is 38.1 Å². The quantitative estimate of drug-likeness (QED) is 0.115. The molecule has 1 unspecified atom stereocenters. The van der Waals surface area contributed by atoms with Gasteiger partial charge in [0.15, 0.2) is 0 Å². The third-order valence-electron chi connectivity index (χ3n) is 11.2. The maximum Gasteiger partial charge on any atom is 0.262 e. The van der Waals surface area contributed by atoms with Gasteiger partial charge in [-0.15, -0.1) is 0 Å². The number of hydrogen-bond donors (Lipinski definition) is 1. The molecule has 0 radical (unpaired) electrons. The number of pyridine rings is 2. The largest absolute Gasteiger partial charge is 0.494 e. The zero-order valence-corrected chi connectivity index (χ0v) is 32.1. The number of imide groups is 2. The van der Waals surface area contributed by atoms with Crippen LogP contribution in [-0.4, -0.2) is 101 Å². The van der Waals surface area contributed by atoms with E-state index >= 15 is 0 Å². The first-order valence-corrected chi connectivity index (χ1v) is 19.9. The lowest BCUT2D eigenvalue weighted by Gasteiger charge is -2.40. The van der Waals surface area contributed by atoms with Gasteiger partial charge >= 0.3 is 0 Å². The zero-order chi connectivity index (χ0) is 39.3. The van der Waals surface area contributed by atoms with E-state index in [2.05, 4.69) is 27.3 Å². The Morgan fingerprint density at radius 3 is 2.46 bits per heavy atom. The van der Waals surface area contributed by atoms with Crippen LogP contribution < -0.4 is 19.5 Å². The number of amides is 4. The molecule has 1 atom stereocenters. The van der Waals surface area contributed by atoms with Gasteiger partial charge in [-0.2, -0.15) is 0 Å². The summed E-state index contributed by atoms with van der Waals surface area (Å²) < 4.78 is 23.9. The number of nitrogens with zero attached hydrogens (tertiary/aromatic N) is 4. The van der Waals surface area contributed by atoms with Gasteiger partial charge in [0.05, 0.1) is 48.3 Å². The number of carbonyl (C=O) groups excluding carboxylic acids is 4. The summed E-state index contributed by atoms with van der Waals surface area (Å²) in [5.74, 6) is -0.120. The van der Waals surface area contributed by atoms with Crippen LogP contribution in [0.15, 0.2) is 66.9 Å². The number of unbranched alkanes of at least 4 members (excludes halogenated alkanes) is 2. The van der Waals surface area contributed by atoms with Crippen LogP contribution in [0.3, 0.4) is 0 Å². The van der Waals surface area contributed by atoms with E-state index in [0.717, 1.165) is 97.4 Å². The molecular formula is C44H47N5O8. The highest BCUT2D eigenvalue weighted by Gasteiger charge is 2.44. The van der Waals surface area contributed by atoms with Crippen molar-refractivity contribution in [1.29, 1.82) is 0 Å². The molecule has 4 aliphatic rings. The topological polar surface area (TPSA) is 149 Å². The maximum absolute atomic E-state index is 13.1. The summed E-state index contributed by atoms with van der Waals surface area (Å²) in [5.41, 5.74) is 3.26. The lowest BCUT2D eigenvalue weighted by molar-refractivity contribution is -0.136. The summed E-state index contributed by atoms with van der Waals surface area (Å²) in [7, 11) is 1.61. The number of rotatable bonds is 15. The van der Waals surface area contributed by atoms with Gasteiger partial charge in [0.1, 0.15) is 23.6 Å². The Morgan fingerprint density at radius 2 is 1.63 bits per heavy atom. The lowest BCUT2D eigenvalue weighted by atomic mass is 9.91. The molecule has 57 heavy (non-hydrogen) atoms. The van der Waals surface area contributed by atoms with Crippen molar-refractivity contribution in [2.24, 2.45) is 0 Å². The minimum atomic E-state index is -0.981. The highest BCUT2D eigenvalue weighted by Crippen LogP contribution is 2.33. The van der Waals surface area contributed by atoms with Gasteiger partial charge in [0.2, 0.25) is 17.7 Å². The number of carbonyl (C=O) groups is 4. The molecule has 2 saturated heterocycles. The Morgan fingerprint density at radius 1 is 0.807 bits per heavy atom. The van der Waals surface area contributed by atoms with E-state index in [1.54, 1.807) is 31.5 Å². The third-order valence-corrected chi connectivity index (χ3v) is 11.2. The zero-order valence-electron chi connectivity index (χ0n) is 32.1. The molecule has 5 heterocycles. The SMILES string of the molecule is COc1cc(/C=C/c2ccc3cc(O[C@H]4C[C@H](OC5CCN(CCCCCOc6ccc7c(c6)C(=O)N(C6CCC(=O)NC6=O)C7=O)CC5)C4)ccc3n2)ccn1. The normalized spacial score (nSPS) is 21.5. The Bertz CT molecular complexity index is 2180. The average Bonchev–Trinajstić information content (AvgIpc) is 3.45. The molecule has 2 aromatic heterocycles. The predicted octanol–water partition coefficient (Wildman–Crippen LogP) is 5.85. The first-order valence-electron chi connectivity index (χ1n) is 19.9. The second-order valence-corrected chi connectivity index (χ2v) is 15.1. The van der Waals surface area contributed by atoms with Crippen molar-refractivity contribution in [1.82, 2.24) is 25.1 Å². The number of aromatic nitrogens is 2. The number of fused-ring (bicyclic) bond motifs is 2. The number of hydrogen-bond acceptors (Lipinski definition) is 11. The van der Waals surface area contributed by atoms with E-state index in [0.29, 0.717) is 24.3 Å². The molecule has 0 spiro atoms. The number of piperidine rings is 2. The first kappa shape index (κ1) is 38.2. The van der Waals surface area contributed by atoms with Crippen molar-refractivity contribution in [2.75, 3.05) is 33.4 Å². The number of likely N-dealkylation sites (tertiary alicyclic amines) is 1. The first-order chi connectivity index (χ1) is 27.8. The highest BCUT2D eigenvalue weighted by molar-refractivity contribution is 6.23. The molecule has 4 aromatic rings. The van der Waals surface area contributed by atoms with Crippen LogP contribution in [0, 0.1) is 0 Å². The predicted molar refractivity (Wildman–Crippen MR) is 212 cm³/mol. The van der Waals surface area contributed by atoms with Crippen LogP contribution >= 0.6 is 0 Å². The summed E-state index contributed by atoms with van der Waals surface area (Å²) in [4.78, 5) is 62.2. The molecule has 1 saturated carbocycles. The van der Waals surface area contributed by atoms with Gasteiger partial charge in [-0.3, -0.25) is 29.4 Å². The summed E-state index contributed by atoms with van der Waals surface area (Å²) in [6.45, 7) is 3.61. The molecule has 1 aliphatic carbocycles. The second kappa shape index (κ2) is 17.2. The van der Waals surface area contributed by atoms with Crippen molar-refractivity contribution in [2.45, 2.75) is 82.1 Å². The fraction of sp³-hybridized carbons (Fsp3) is 0.409. The van der Waals surface area contributed by atoms with Gasteiger partial charge in [0, 0.05) is 50.0 Å². The van der Waals surface area contributed by atoms with Crippen LogP contribution in [-0.2, 0) is 14.3 Å². The number of methoxy groups -OCH3 is 1. The van der Waals surface area contributed by atoms with E-state index in [9.17, 15) is 19.2 Å². The van der Waals surface area contributed by atoms with Crippen molar-refractivity contribution >= 4 is 46.7 Å². The fourth-order valence-electron chi connectivity index (χ4n) is 7.91. The van der Waals surface area contributed by atoms with Gasteiger partial charge in [-0.25, -0.2) is 9.97 Å². The number of benzene rings is 2. The lowest BCUT2D eigenvalue weighted by Crippen LogP contribution is -2.54. The van der Waals surface area contributed by atoms with E-state index < -0.39 is 29.7 Å². The van der Waals surface area contributed by atoms with Crippen molar-refractivity contribution in [3.63, 3.8) is 0 Å². The molecular weight excluding hydrogens is 727 g/mol. The monoisotopic (exact) mass is 773 g/mol. The van der Waals surface area contributed by atoms with Crippen LogP contribution in [0.25, 0.3) is 23.1 Å². The third kappa shape index (κ3) is 9.00. The Kier molecular flexibility index (Phi) is 11.6. The highest BCUT2D eigenvalue weighted by atomic mass is 16.5. The van der Waals surface area contributed by atoms with Crippen LogP contribution in [0.5, 0.6) is 17.4 Å². The van der Waals surface area contributed by atoms with E-state index in [-0.39, 0.29) is 36.2 Å². The second-order valence-electron chi connectivity index (χ2n) is 15.1. The average molecular weight is 774 g/mol. The standard InChI is InChI=1S/C44H47N5O8/c1-54-41-23-28(15-18-45-41)5-7-30-8-6-29-24-33(10-12-38(29)46-30)57-35-25-34(26-35)56-31-16-20-48(21-17-31)19-3-2-4-22-55-32-9-11-36-37(27-32)44(53)49(43(36)52)39-13-14-40(50)47-42(39)51/h5-12,15,18,23-24,27,31,34-35,39H,2-4,13-14,16-17,19-22,25-26H2,1H3,(H,47,50,51)/b7-5+/t34-,35-,39?. The molecule has 1 N–H and O–H groups in total. The van der Waals surface area contributed by atoms with E-state index in [1.807, 2.05) is 42.5 Å². The van der Waals surface area contributed by atoms with Crippen LogP contribution in [0.2, 0.25) is 0 Å².